The van der Waals surface area contributed by atoms with Crippen molar-refractivity contribution in [3.05, 3.63) is 12.3 Å². The molecule has 0 saturated carbocycles. The minimum Gasteiger partial charge on any atom is -0.480 e. The Hall–Kier alpha value is -1.85. The van der Waals surface area contributed by atoms with Gasteiger partial charge in [0.05, 0.1) is 0 Å². The molecule has 0 spiro atoms. The lowest BCUT2D eigenvalue weighted by Crippen LogP contribution is -2.14. The Kier molecular flexibility index (Phi) is 5.09. The normalized spacial score (nSPS) is 11.3. The molecular formula is C13H21N3O3. The Balaban J connectivity index is 2.36. The van der Waals surface area contributed by atoms with Crippen LogP contribution in [0.3, 0.4) is 0 Å². The predicted octanol–water partition coefficient (Wildman–Crippen LogP) is 2.12. The molecule has 6 nitrogen and oxygen atoms in total. The number of aromatic nitrogens is 2. The summed E-state index contributed by atoms with van der Waals surface area (Å²) in [5.41, 5.74) is 0.226. The van der Waals surface area contributed by atoms with Crippen LogP contribution in [-0.4, -0.2) is 26.8 Å². The molecule has 2 N–H and O–H groups in total. The molecule has 106 valence electrons. The van der Waals surface area contributed by atoms with Crippen LogP contribution in [0.25, 0.3) is 0 Å². The van der Waals surface area contributed by atoms with Gasteiger partial charge in [-0.2, -0.15) is 5.10 Å². The molecule has 0 aliphatic carbocycles. The molecule has 0 bridgehead atoms. The summed E-state index contributed by atoms with van der Waals surface area (Å²) in [5.74, 6) is -0.669. The molecule has 1 rings (SSSR count). The molecule has 0 unspecified atom stereocenters. The van der Waals surface area contributed by atoms with E-state index in [-0.39, 0.29) is 17.9 Å². The van der Waals surface area contributed by atoms with E-state index in [9.17, 15) is 9.59 Å². The summed E-state index contributed by atoms with van der Waals surface area (Å²) in [6, 6.07) is 1.59. The van der Waals surface area contributed by atoms with Gasteiger partial charge in [0.1, 0.15) is 6.54 Å². The number of anilines is 1. The Bertz CT molecular complexity index is 446. The van der Waals surface area contributed by atoms with Crippen molar-refractivity contribution in [2.45, 2.75) is 46.6 Å². The van der Waals surface area contributed by atoms with E-state index < -0.39 is 5.97 Å². The molecule has 0 fully saturated rings. The number of rotatable bonds is 6. The Morgan fingerprint density at radius 1 is 1.42 bits per heavy atom. The maximum atomic E-state index is 11.7. The van der Waals surface area contributed by atoms with Crippen LogP contribution >= 0.6 is 0 Å². The van der Waals surface area contributed by atoms with Crippen LogP contribution < -0.4 is 5.32 Å². The molecule has 19 heavy (non-hydrogen) atoms. The van der Waals surface area contributed by atoms with Gasteiger partial charge in [-0.15, -0.1) is 0 Å². The second kappa shape index (κ2) is 6.36. The number of aliphatic carboxylic acids is 1. The Morgan fingerprint density at radius 3 is 2.68 bits per heavy atom. The topological polar surface area (TPSA) is 84.2 Å². The maximum Gasteiger partial charge on any atom is 0.325 e. The first-order valence-electron chi connectivity index (χ1n) is 6.31. The van der Waals surface area contributed by atoms with E-state index in [1.165, 1.54) is 10.9 Å². The zero-order chi connectivity index (χ0) is 14.5. The molecule has 1 aromatic rings. The van der Waals surface area contributed by atoms with Gasteiger partial charge in [-0.3, -0.25) is 14.3 Å². The molecule has 0 aliphatic rings. The molecule has 1 heterocycles. The summed E-state index contributed by atoms with van der Waals surface area (Å²) in [6.45, 7) is 6.20. The highest BCUT2D eigenvalue weighted by Crippen LogP contribution is 2.21. The van der Waals surface area contributed by atoms with Crippen molar-refractivity contribution in [3.63, 3.8) is 0 Å². The first-order valence-corrected chi connectivity index (χ1v) is 6.31. The number of hydrogen-bond donors (Lipinski definition) is 2. The fourth-order valence-corrected chi connectivity index (χ4v) is 1.64. The van der Waals surface area contributed by atoms with Gasteiger partial charge >= 0.3 is 5.97 Å². The highest BCUT2D eigenvalue weighted by Gasteiger charge is 2.12. The summed E-state index contributed by atoms with van der Waals surface area (Å²) in [7, 11) is 0. The Labute approximate surface area is 112 Å². The van der Waals surface area contributed by atoms with Gasteiger partial charge in [0.2, 0.25) is 5.91 Å². The van der Waals surface area contributed by atoms with Crippen LogP contribution in [-0.2, 0) is 16.1 Å². The van der Waals surface area contributed by atoms with Crippen LogP contribution in [0.2, 0.25) is 0 Å². The number of carboxylic acids is 1. The molecule has 0 atom stereocenters. The lowest BCUT2D eigenvalue weighted by atomic mass is 9.90. The van der Waals surface area contributed by atoms with E-state index in [2.05, 4.69) is 31.2 Å². The van der Waals surface area contributed by atoms with Gasteiger partial charge < -0.3 is 10.4 Å². The SMILES string of the molecule is CC(C)(C)CCCC(=O)Nc1ccn(CC(=O)O)n1. The van der Waals surface area contributed by atoms with E-state index >= 15 is 0 Å². The quantitative estimate of drug-likeness (QED) is 0.826. The van der Waals surface area contributed by atoms with Gasteiger partial charge in [-0.1, -0.05) is 20.8 Å². The molecule has 0 radical (unpaired) electrons. The number of carbonyl (C=O) groups is 2. The van der Waals surface area contributed by atoms with Crippen LogP contribution in [0, 0.1) is 5.41 Å². The van der Waals surface area contributed by atoms with Crippen molar-refractivity contribution in [1.82, 2.24) is 9.78 Å². The second-order valence-electron chi connectivity index (χ2n) is 5.75. The smallest absolute Gasteiger partial charge is 0.325 e. The highest BCUT2D eigenvalue weighted by molar-refractivity contribution is 5.89. The minimum atomic E-state index is -0.967. The second-order valence-corrected chi connectivity index (χ2v) is 5.75. The maximum absolute atomic E-state index is 11.7. The number of carbonyl (C=O) groups excluding carboxylic acids is 1. The number of carboxylic acid groups (broad SMARTS) is 1. The van der Waals surface area contributed by atoms with Crippen LogP contribution in [0.5, 0.6) is 0 Å². The fraction of sp³-hybridized carbons (Fsp3) is 0.615. The van der Waals surface area contributed by atoms with Crippen LogP contribution in [0.15, 0.2) is 12.3 Å². The summed E-state index contributed by atoms with van der Waals surface area (Å²) in [4.78, 5) is 22.1. The van der Waals surface area contributed by atoms with E-state index in [1.807, 2.05) is 0 Å². The van der Waals surface area contributed by atoms with Gasteiger partial charge in [0, 0.05) is 18.7 Å². The highest BCUT2D eigenvalue weighted by atomic mass is 16.4. The van der Waals surface area contributed by atoms with Crippen molar-refractivity contribution in [3.8, 4) is 0 Å². The summed E-state index contributed by atoms with van der Waals surface area (Å²) < 4.78 is 1.27. The lowest BCUT2D eigenvalue weighted by Gasteiger charge is -2.17. The number of amides is 1. The van der Waals surface area contributed by atoms with Crippen molar-refractivity contribution in [1.29, 1.82) is 0 Å². The first kappa shape index (κ1) is 15.2. The first-order chi connectivity index (χ1) is 8.76. The number of nitrogens with one attached hydrogen (secondary N) is 1. The van der Waals surface area contributed by atoms with Gasteiger partial charge in [-0.05, 0) is 18.3 Å². The predicted molar refractivity (Wildman–Crippen MR) is 71.8 cm³/mol. The van der Waals surface area contributed by atoms with Gasteiger partial charge in [-0.25, -0.2) is 0 Å². The van der Waals surface area contributed by atoms with E-state index in [0.29, 0.717) is 12.2 Å². The summed E-state index contributed by atoms with van der Waals surface area (Å²) >= 11 is 0. The molecule has 0 aromatic carbocycles. The van der Waals surface area contributed by atoms with E-state index in [4.69, 9.17) is 5.11 Å². The molecule has 1 amide bonds. The minimum absolute atomic E-state index is 0.0928. The van der Waals surface area contributed by atoms with Crippen molar-refractivity contribution in [2.24, 2.45) is 5.41 Å². The van der Waals surface area contributed by atoms with Gasteiger partial charge in [0.15, 0.2) is 5.82 Å². The van der Waals surface area contributed by atoms with Crippen LogP contribution in [0.1, 0.15) is 40.0 Å². The molecule has 0 aliphatic heterocycles. The summed E-state index contributed by atoms with van der Waals surface area (Å²) in [6.07, 6.45) is 3.78. The lowest BCUT2D eigenvalue weighted by molar-refractivity contribution is -0.137. The molecule has 1 aromatic heterocycles. The molecular weight excluding hydrogens is 246 g/mol. The third-order valence-electron chi connectivity index (χ3n) is 2.54. The molecule has 6 heteroatoms. The zero-order valence-corrected chi connectivity index (χ0v) is 11.6. The van der Waals surface area contributed by atoms with E-state index in [1.54, 1.807) is 6.07 Å². The third kappa shape index (κ3) is 6.59. The zero-order valence-electron chi connectivity index (χ0n) is 11.6. The average Bonchev–Trinajstić information content (AvgIpc) is 2.62. The van der Waals surface area contributed by atoms with Crippen molar-refractivity contribution < 1.29 is 14.7 Å². The monoisotopic (exact) mass is 267 g/mol. The average molecular weight is 267 g/mol. The van der Waals surface area contributed by atoms with Crippen LogP contribution in [0.4, 0.5) is 5.82 Å². The van der Waals surface area contributed by atoms with Gasteiger partial charge in [0.25, 0.3) is 0 Å². The third-order valence-corrected chi connectivity index (χ3v) is 2.54. The number of hydrogen-bond acceptors (Lipinski definition) is 3. The Morgan fingerprint density at radius 2 is 2.11 bits per heavy atom. The number of nitrogens with zero attached hydrogens (tertiary/aromatic N) is 2. The fourth-order valence-electron chi connectivity index (χ4n) is 1.64. The van der Waals surface area contributed by atoms with Crippen molar-refractivity contribution in [2.75, 3.05) is 5.32 Å². The molecule has 0 saturated heterocycles. The van der Waals surface area contributed by atoms with Crippen molar-refractivity contribution >= 4 is 17.7 Å². The van der Waals surface area contributed by atoms with E-state index in [0.717, 1.165) is 12.8 Å². The summed E-state index contributed by atoms with van der Waals surface area (Å²) in [5, 5.41) is 15.2. The largest absolute Gasteiger partial charge is 0.480 e. The standard InChI is InChI=1S/C13H21N3O3/c1-13(2,3)7-4-5-11(17)14-10-6-8-16(15-10)9-12(18)19/h6,8H,4-5,7,9H2,1-3H3,(H,18,19)(H,14,15,17).